The monoisotopic (exact) mass is 348 g/mol. The molecule has 5 heteroatoms. The number of hydrogen-bond donors (Lipinski definition) is 1. The van der Waals surface area contributed by atoms with Crippen LogP contribution in [-0.2, 0) is 0 Å². The van der Waals surface area contributed by atoms with Gasteiger partial charge in [-0.15, -0.1) is 0 Å². The molecule has 1 N–H and O–H groups in total. The predicted octanol–water partition coefficient (Wildman–Crippen LogP) is 3.36. The lowest BCUT2D eigenvalue weighted by atomic mass is 10.2. The fraction of sp³-hybridized carbons (Fsp3) is 0.500. The van der Waals surface area contributed by atoms with Crippen LogP contribution in [0.1, 0.15) is 26.7 Å². The fourth-order valence-corrected chi connectivity index (χ4v) is 3.28. The minimum absolute atomic E-state index is 0.524. The van der Waals surface area contributed by atoms with Crippen LogP contribution in [0.15, 0.2) is 29.0 Å². The van der Waals surface area contributed by atoms with Crippen molar-refractivity contribution in [2.75, 3.05) is 18.0 Å². The predicted molar refractivity (Wildman–Crippen MR) is 90.7 cm³/mol. The van der Waals surface area contributed by atoms with E-state index in [0.29, 0.717) is 12.1 Å². The average molecular weight is 349 g/mol. The lowest BCUT2D eigenvalue weighted by Gasteiger charge is -2.28. The average Bonchev–Trinajstić information content (AvgIpc) is 2.92. The Bertz CT molecular complexity index is 629. The summed E-state index contributed by atoms with van der Waals surface area (Å²) in [6, 6.07) is 5.19. The number of halogens is 1. The Morgan fingerprint density at radius 3 is 3.10 bits per heavy atom. The van der Waals surface area contributed by atoms with Crippen molar-refractivity contribution in [2.24, 2.45) is 0 Å². The molecule has 2 aromatic rings. The number of anilines is 1. The van der Waals surface area contributed by atoms with Crippen LogP contribution < -0.4 is 10.2 Å². The van der Waals surface area contributed by atoms with Crippen molar-refractivity contribution in [1.82, 2.24) is 15.3 Å². The highest BCUT2D eigenvalue weighted by atomic mass is 79.9. The van der Waals surface area contributed by atoms with Crippen molar-refractivity contribution >= 4 is 32.7 Å². The van der Waals surface area contributed by atoms with E-state index in [9.17, 15) is 0 Å². The quantitative estimate of drug-likeness (QED) is 0.919. The van der Waals surface area contributed by atoms with Crippen LogP contribution in [0.3, 0.4) is 0 Å². The van der Waals surface area contributed by atoms with Crippen molar-refractivity contribution in [3.05, 3.63) is 29.0 Å². The summed E-state index contributed by atoms with van der Waals surface area (Å²) in [7, 11) is 0. The highest BCUT2D eigenvalue weighted by Crippen LogP contribution is 2.30. The molecular formula is C16H21BrN4. The third kappa shape index (κ3) is 3.19. The summed E-state index contributed by atoms with van der Waals surface area (Å²) in [5.41, 5.74) is 3.15. The smallest absolute Gasteiger partial charge is 0.112 e. The number of aromatic nitrogens is 2. The van der Waals surface area contributed by atoms with Gasteiger partial charge in [-0.05, 0) is 40.9 Å². The Morgan fingerprint density at radius 2 is 2.29 bits per heavy atom. The molecule has 1 aliphatic heterocycles. The van der Waals surface area contributed by atoms with Crippen LogP contribution >= 0.6 is 15.9 Å². The van der Waals surface area contributed by atoms with Gasteiger partial charge >= 0.3 is 0 Å². The zero-order valence-corrected chi connectivity index (χ0v) is 14.1. The van der Waals surface area contributed by atoms with Gasteiger partial charge in [0.2, 0.25) is 0 Å². The largest absolute Gasteiger partial charge is 0.365 e. The van der Waals surface area contributed by atoms with E-state index < -0.39 is 0 Å². The molecule has 0 saturated carbocycles. The standard InChI is InChI=1S/C16H21BrN4/c1-11(2)19-10-13-4-3-7-21(13)15-5-6-18-14-8-12(17)9-20-16(14)15/h5-6,8-9,11,13,19H,3-4,7,10H2,1-2H3. The Labute approximate surface area is 134 Å². The summed E-state index contributed by atoms with van der Waals surface area (Å²) in [5, 5.41) is 3.56. The van der Waals surface area contributed by atoms with Gasteiger partial charge in [0.15, 0.2) is 0 Å². The van der Waals surface area contributed by atoms with E-state index in [4.69, 9.17) is 0 Å². The first-order chi connectivity index (χ1) is 10.1. The number of fused-ring (bicyclic) bond motifs is 1. The molecular weight excluding hydrogens is 328 g/mol. The molecule has 21 heavy (non-hydrogen) atoms. The second-order valence-electron chi connectivity index (χ2n) is 5.90. The Kier molecular flexibility index (Phi) is 4.40. The maximum absolute atomic E-state index is 4.58. The Hall–Kier alpha value is -1.20. The minimum Gasteiger partial charge on any atom is -0.365 e. The van der Waals surface area contributed by atoms with Gasteiger partial charge in [-0.25, -0.2) is 0 Å². The number of pyridine rings is 2. The SMILES string of the molecule is CC(C)NCC1CCCN1c1ccnc2cc(Br)cnc12. The van der Waals surface area contributed by atoms with E-state index in [-0.39, 0.29) is 0 Å². The van der Waals surface area contributed by atoms with Gasteiger partial charge in [-0.3, -0.25) is 9.97 Å². The zero-order valence-electron chi connectivity index (χ0n) is 12.5. The minimum atomic E-state index is 0.524. The highest BCUT2D eigenvalue weighted by molar-refractivity contribution is 9.10. The first-order valence-corrected chi connectivity index (χ1v) is 8.35. The molecule has 1 saturated heterocycles. The topological polar surface area (TPSA) is 41.0 Å². The van der Waals surface area contributed by atoms with Crippen molar-refractivity contribution in [3.63, 3.8) is 0 Å². The second-order valence-corrected chi connectivity index (χ2v) is 6.82. The number of nitrogens with zero attached hydrogens (tertiary/aromatic N) is 3. The molecule has 1 atom stereocenters. The van der Waals surface area contributed by atoms with E-state index in [1.165, 1.54) is 18.5 Å². The van der Waals surface area contributed by atoms with Gasteiger partial charge in [-0.2, -0.15) is 0 Å². The van der Waals surface area contributed by atoms with E-state index in [1.807, 2.05) is 18.5 Å². The maximum Gasteiger partial charge on any atom is 0.112 e. The molecule has 0 aliphatic carbocycles. The molecule has 0 amide bonds. The summed E-state index contributed by atoms with van der Waals surface area (Å²) >= 11 is 3.47. The number of nitrogens with one attached hydrogen (secondary N) is 1. The van der Waals surface area contributed by atoms with E-state index in [1.54, 1.807) is 0 Å². The van der Waals surface area contributed by atoms with Crippen LogP contribution in [0.5, 0.6) is 0 Å². The third-order valence-corrected chi connectivity index (χ3v) is 4.40. The lowest BCUT2D eigenvalue weighted by Crippen LogP contribution is -2.40. The van der Waals surface area contributed by atoms with Gasteiger partial charge in [0.25, 0.3) is 0 Å². The molecule has 112 valence electrons. The van der Waals surface area contributed by atoms with Crippen LogP contribution in [0.25, 0.3) is 11.0 Å². The summed E-state index contributed by atoms with van der Waals surface area (Å²) in [6.07, 6.45) is 6.22. The zero-order chi connectivity index (χ0) is 14.8. The van der Waals surface area contributed by atoms with E-state index in [0.717, 1.165) is 28.6 Å². The molecule has 0 spiro atoms. The van der Waals surface area contributed by atoms with Crippen molar-refractivity contribution in [1.29, 1.82) is 0 Å². The van der Waals surface area contributed by atoms with Gasteiger partial charge in [0.1, 0.15) is 5.52 Å². The number of hydrogen-bond acceptors (Lipinski definition) is 4. The molecule has 1 aliphatic rings. The molecule has 4 nitrogen and oxygen atoms in total. The molecule has 3 rings (SSSR count). The highest BCUT2D eigenvalue weighted by Gasteiger charge is 2.26. The van der Waals surface area contributed by atoms with Crippen LogP contribution in [0.4, 0.5) is 5.69 Å². The molecule has 1 fully saturated rings. The molecule has 0 bridgehead atoms. The Morgan fingerprint density at radius 1 is 1.43 bits per heavy atom. The fourth-order valence-electron chi connectivity index (χ4n) is 2.96. The lowest BCUT2D eigenvalue weighted by molar-refractivity contribution is 0.524. The molecule has 0 aromatic carbocycles. The van der Waals surface area contributed by atoms with Crippen LogP contribution in [0.2, 0.25) is 0 Å². The molecule has 3 heterocycles. The van der Waals surface area contributed by atoms with Crippen LogP contribution in [-0.4, -0.2) is 35.1 Å². The van der Waals surface area contributed by atoms with E-state index >= 15 is 0 Å². The van der Waals surface area contributed by atoms with E-state index in [2.05, 4.69) is 56.0 Å². The normalized spacial score (nSPS) is 18.9. The van der Waals surface area contributed by atoms with Gasteiger partial charge in [0, 0.05) is 42.0 Å². The van der Waals surface area contributed by atoms with Crippen LogP contribution in [0, 0.1) is 0 Å². The van der Waals surface area contributed by atoms with Gasteiger partial charge in [-0.1, -0.05) is 13.8 Å². The summed E-state index contributed by atoms with van der Waals surface area (Å²) < 4.78 is 0.971. The Balaban J connectivity index is 1.92. The first kappa shape index (κ1) is 14.7. The summed E-state index contributed by atoms with van der Waals surface area (Å²) in [6.45, 7) is 6.51. The van der Waals surface area contributed by atoms with Gasteiger partial charge in [0.05, 0.1) is 11.2 Å². The van der Waals surface area contributed by atoms with Crippen molar-refractivity contribution < 1.29 is 0 Å². The molecule has 2 aromatic heterocycles. The maximum atomic E-state index is 4.58. The molecule has 0 radical (unpaired) electrons. The van der Waals surface area contributed by atoms with Crippen molar-refractivity contribution in [2.45, 2.75) is 38.8 Å². The van der Waals surface area contributed by atoms with Crippen molar-refractivity contribution in [3.8, 4) is 0 Å². The van der Waals surface area contributed by atoms with Gasteiger partial charge < -0.3 is 10.2 Å². The second kappa shape index (κ2) is 6.28. The number of rotatable bonds is 4. The summed E-state index contributed by atoms with van der Waals surface area (Å²) in [5.74, 6) is 0. The molecule has 1 unspecified atom stereocenters. The summed E-state index contributed by atoms with van der Waals surface area (Å²) in [4.78, 5) is 11.5. The third-order valence-electron chi connectivity index (χ3n) is 3.97. The first-order valence-electron chi connectivity index (χ1n) is 7.55.